The van der Waals surface area contributed by atoms with Crippen molar-refractivity contribution in [1.82, 2.24) is 4.98 Å². The zero-order valence-corrected chi connectivity index (χ0v) is 16.8. The molecule has 1 heterocycles. The van der Waals surface area contributed by atoms with Crippen molar-refractivity contribution < 1.29 is 19.5 Å². The molecule has 0 aliphatic rings. The highest BCUT2D eigenvalue weighted by Gasteiger charge is 2.08. The molecule has 0 fully saturated rings. The van der Waals surface area contributed by atoms with E-state index in [4.69, 9.17) is 15.3 Å². The van der Waals surface area contributed by atoms with Gasteiger partial charge in [0.1, 0.15) is 0 Å². The van der Waals surface area contributed by atoms with Crippen LogP contribution in [-0.4, -0.2) is 16.0 Å². The molecule has 0 radical (unpaired) electrons. The van der Waals surface area contributed by atoms with Gasteiger partial charge in [-0.25, -0.2) is 4.98 Å². The van der Waals surface area contributed by atoms with Crippen LogP contribution in [0.4, 0.5) is 10.8 Å². The number of rotatable bonds is 9. The standard InChI is InChI=1S/C23H27N3O2S/c1-16-5-4-7-18(13-16)21(27)8-3-2-6-17-9-11-19(12-10-17)25-22(28)14-20-15-29-23(24)26-20/h4-5,7,9-13,15,21,27H,2-3,6,8,14H2,1H3,(H2,24,26)(H,25,28)/t21-/m0/s1/i2D2,4D,5D,7D,13D,21D. The van der Waals surface area contributed by atoms with Gasteiger partial charge in [0.15, 0.2) is 5.13 Å². The van der Waals surface area contributed by atoms with Gasteiger partial charge in [0, 0.05) is 13.8 Å². The third-order valence-corrected chi connectivity index (χ3v) is 4.78. The first kappa shape index (κ1) is 13.5. The molecule has 6 heteroatoms. The van der Waals surface area contributed by atoms with Crippen LogP contribution in [0.1, 0.15) is 57.3 Å². The summed E-state index contributed by atoms with van der Waals surface area (Å²) in [6.45, 7) is 1.42. The highest BCUT2D eigenvalue weighted by molar-refractivity contribution is 7.13. The van der Waals surface area contributed by atoms with Gasteiger partial charge in [0.25, 0.3) is 0 Å². The second-order valence-electron chi connectivity index (χ2n) is 6.47. The van der Waals surface area contributed by atoms with Crippen molar-refractivity contribution in [1.29, 1.82) is 0 Å². The molecule has 3 rings (SSSR count). The molecule has 1 aromatic heterocycles. The maximum absolute atomic E-state index is 12.2. The van der Waals surface area contributed by atoms with Crippen LogP contribution in [0, 0.1) is 6.92 Å². The second kappa shape index (κ2) is 10.2. The van der Waals surface area contributed by atoms with Gasteiger partial charge in [-0.05, 0) is 49.4 Å². The van der Waals surface area contributed by atoms with E-state index in [0.29, 0.717) is 22.1 Å². The number of benzene rings is 2. The molecule has 3 aromatic rings. The Hall–Kier alpha value is -2.70. The molecule has 5 nitrogen and oxygen atoms in total. The lowest BCUT2D eigenvalue weighted by Crippen LogP contribution is -2.14. The predicted octanol–water partition coefficient (Wildman–Crippen LogP) is 4.66. The minimum atomic E-state index is -2.45. The Morgan fingerprint density at radius 3 is 2.93 bits per heavy atom. The van der Waals surface area contributed by atoms with Crippen LogP contribution in [0.5, 0.6) is 0 Å². The first-order valence-corrected chi connectivity index (χ1v) is 9.96. The number of aliphatic hydroxyl groups is 1. The minimum Gasteiger partial charge on any atom is -0.388 e. The monoisotopic (exact) mass is 416 g/mol. The zero-order valence-electron chi connectivity index (χ0n) is 23.0. The number of amides is 1. The summed E-state index contributed by atoms with van der Waals surface area (Å²) in [7, 11) is 0. The number of nitrogens with one attached hydrogen (secondary N) is 1. The maximum Gasteiger partial charge on any atom is 0.230 e. The fourth-order valence-electron chi connectivity index (χ4n) is 2.63. The van der Waals surface area contributed by atoms with Gasteiger partial charge in [-0.3, -0.25) is 4.79 Å². The number of aromatic nitrogens is 1. The van der Waals surface area contributed by atoms with E-state index in [0.717, 1.165) is 0 Å². The van der Waals surface area contributed by atoms with Crippen molar-refractivity contribution in [2.24, 2.45) is 0 Å². The number of carbonyl (C=O) groups excluding carboxylic acids is 1. The summed E-state index contributed by atoms with van der Waals surface area (Å²) in [4.78, 5) is 16.2. The summed E-state index contributed by atoms with van der Waals surface area (Å²) in [5.41, 5.74) is 7.02. The number of thiazole rings is 1. The summed E-state index contributed by atoms with van der Waals surface area (Å²) in [6, 6.07) is 4.96. The van der Waals surface area contributed by atoms with Crippen LogP contribution in [0.25, 0.3) is 0 Å². The van der Waals surface area contributed by atoms with Crippen LogP contribution in [0.2, 0.25) is 0 Å². The minimum absolute atomic E-state index is 0.0226. The molecule has 0 aliphatic carbocycles. The number of aryl methyl sites for hydroxylation is 1. The molecule has 0 bridgehead atoms. The lowest BCUT2D eigenvalue weighted by atomic mass is 10.00. The number of hydrogen-bond acceptors (Lipinski definition) is 5. The number of hydrogen-bond donors (Lipinski definition) is 3. The van der Waals surface area contributed by atoms with Crippen molar-refractivity contribution in [2.75, 3.05) is 11.1 Å². The largest absolute Gasteiger partial charge is 0.388 e. The van der Waals surface area contributed by atoms with Gasteiger partial charge in [0.05, 0.1) is 25.0 Å². The maximum atomic E-state index is 12.2. The number of nitrogens with zero attached hydrogens (tertiary/aromatic N) is 1. The van der Waals surface area contributed by atoms with E-state index < -0.39 is 36.5 Å². The summed E-state index contributed by atoms with van der Waals surface area (Å²) >= 11 is 1.26. The molecule has 1 atom stereocenters. The molecule has 0 saturated carbocycles. The van der Waals surface area contributed by atoms with Gasteiger partial charge in [-0.2, -0.15) is 0 Å². The van der Waals surface area contributed by atoms with Gasteiger partial charge >= 0.3 is 0 Å². The van der Waals surface area contributed by atoms with E-state index in [1.54, 1.807) is 29.6 Å². The van der Waals surface area contributed by atoms with E-state index in [-0.39, 0.29) is 42.8 Å². The van der Waals surface area contributed by atoms with Gasteiger partial charge < -0.3 is 16.2 Å². The zero-order chi connectivity index (χ0) is 26.8. The fraction of sp³-hybridized carbons (Fsp3) is 0.304. The molecule has 0 spiro atoms. The fourth-order valence-corrected chi connectivity index (χ4v) is 3.19. The molecule has 0 aliphatic heterocycles. The van der Waals surface area contributed by atoms with Crippen LogP contribution < -0.4 is 11.1 Å². The van der Waals surface area contributed by atoms with Crippen molar-refractivity contribution in [3.05, 3.63) is 76.2 Å². The number of nitrogen functional groups attached to an aromatic ring is 1. The van der Waals surface area contributed by atoms with E-state index in [2.05, 4.69) is 10.3 Å². The predicted molar refractivity (Wildman–Crippen MR) is 119 cm³/mol. The number of nitrogens with two attached hydrogens (primary N) is 1. The molecule has 152 valence electrons. The van der Waals surface area contributed by atoms with Crippen molar-refractivity contribution >= 4 is 28.1 Å². The normalized spacial score (nSPS) is 17.0. The Kier molecular flexibility index (Phi) is 4.74. The molecule has 0 saturated heterocycles. The van der Waals surface area contributed by atoms with Crippen LogP contribution in [-0.2, 0) is 17.6 Å². The molecule has 2 aromatic carbocycles. The topological polar surface area (TPSA) is 88.2 Å². The van der Waals surface area contributed by atoms with Crippen LogP contribution in [0.15, 0.2) is 53.8 Å². The average Bonchev–Trinajstić information content (AvgIpc) is 3.20. The van der Waals surface area contributed by atoms with Gasteiger partial charge in [-0.15, -0.1) is 11.3 Å². The Morgan fingerprint density at radius 1 is 1.41 bits per heavy atom. The second-order valence-corrected chi connectivity index (χ2v) is 7.36. The summed E-state index contributed by atoms with van der Waals surface area (Å²) in [5.74, 6) is -0.259. The highest BCUT2D eigenvalue weighted by Crippen LogP contribution is 2.21. The van der Waals surface area contributed by atoms with Gasteiger partial charge in [-0.1, -0.05) is 48.3 Å². The lowest BCUT2D eigenvalue weighted by molar-refractivity contribution is -0.115. The van der Waals surface area contributed by atoms with E-state index in [1.165, 1.54) is 18.3 Å². The molecule has 1 amide bonds. The Labute approximate surface area is 185 Å². The van der Waals surface area contributed by atoms with Crippen molar-refractivity contribution in [2.45, 2.75) is 45.1 Å². The van der Waals surface area contributed by atoms with Crippen molar-refractivity contribution in [3.8, 4) is 0 Å². The number of anilines is 2. The van der Waals surface area contributed by atoms with Gasteiger partial charge in [0.2, 0.25) is 5.91 Å². The van der Waals surface area contributed by atoms with E-state index in [9.17, 15) is 9.90 Å². The molecule has 29 heavy (non-hydrogen) atoms. The molecule has 4 N–H and O–H groups in total. The highest BCUT2D eigenvalue weighted by atomic mass is 32.1. The number of carbonyl (C=O) groups is 1. The summed E-state index contributed by atoms with van der Waals surface area (Å²) in [5, 5.41) is 15.6. The Morgan fingerprint density at radius 2 is 2.21 bits per heavy atom. The molecular weight excluding hydrogens is 382 g/mol. The first-order chi connectivity index (χ1) is 16.7. The third-order valence-electron chi connectivity index (χ3n) is 4.06. The van der Waals surface area contributed by atoms with Crippen molar-refractivity contribution in [3.63, 3.8) is 0 Å². The summed E-state index contributed by atoms with van der Waals surface area (Å²) < 4.78 is 56.8. The quantitative estimate of drug-likeness (QED) is 0.473. The smallest absolute Gasteiger partial charge is 0.230 e. The lowest BCUT2D eigenvalue weighted by Gasteiger charge is -2.11. The SMILES string of the molecule is [2H]c1c([2H])c(C)c([2H])c([C@@]([2H])(O)CCC([2H])([2H])Cc2ccc(NC(=O)Cc3csc(N)n3)cc2)c1[2H]. The Bertz CT molecular complexity index is 1230. The van der Waals surface area contributed by atoms with E-state index in [1.807, 2.05) is 0 Å². The first-order valence-electron chi connectivity index (χ1n) is 12.6. The van der Waals surface area contributed by atoms with Crippen LogP contribution in [0.3, 0.4) is 0 Å². The third kappa shape index (κ3) is 6.69. The molecular formula is C23H27N3O2S. The molecule has 0 unspecified atom stereocenters. The Balaban J connectivity index is 1.62. The van der Waals surface area contributed by atoms with E-state index >= 15 is 0 Å². The summed E-state index contributed by atoms with van der Waals surface area (Å²) in [6.07, 6.45) is -4.85. The average molecular weight is 417 g/mol. The van der Waals surface area contributed by atoms with Crippen LogP contribution >= 0.6 is 11.3 Å².